The van der Waals surface area contributed by atoms with E-state index in [9.17, 15) is 23.1 Å². The Labute approximate surface area is 98.2 Å². The molecule has 0 aliphatic carbocycles. The monoisotopic (exact) mass is 260 g/mol. The van der Waals surface area contributed by atoms with Gasteiger partial charge in [0.1, 0.15) is 11.3 Å². The number of hydrogen-bond acceptors (Lipinski definition) is 3. The van der Waals surface area contributed by atoms with Gasteiger partial charge in [-0.25, -0.2) is 4.79 Å². The second-order valence-corrected chi connectivity index (χ2v) is 3.64. The zero-order valence-corrected chi connectivity index (χ0v) is 8.73. The van der Waals surface area contributed by atoms with Crippen LogP contribution >= 0.6 is 0 Å². The van der Waals surface area contributed by atoms with E-state index in [1.165, 1.54) is 6.07 Å². The van der Waals surface area contributed by atoms with E-state index in [1.807, 2.05) is 0 Å². The lowest BCUT2D eigenvalue weighted by Gasteiger charge is -2.05. The second kappa shape index (κ2) is 4.02. The Morgan fingerprint density at radius 3 is 2.50 bits per heavy atom. The molecule has 0 saturated carbocycles. The second-order valence-electron chi connectivity index (χ2n) is 3.64. The lowest BCUT2D eigenvalue weighted by atomic mass is 10.1. The van der Waals surface area contributed by atoms with Gasteiger partial charge in [-0.2, -0.15) is 13.2 Å². The first-order valence-corrected chi connectivity index (χ1v) is 4.80. The van der Waals surface area contributed by atoms with Crippen molar-refractivity contribution < 1.29 is 32.6 Å². The molecule has 0 spiro atoms. The maximum Gasteiger partial charge on any atom is 0.416 e. The summed E-state index contributed by atoms with van der Waals surface area (Å²) in [6.45, 7) is 0. The van der Waals surface area contributed by atoms with Gasteiger partial charge in [0, 0.05) is 5.39 Å². The Kier molecular flexibility index (Phi) is 2.78. The van der Waals surface area contributed by atoms with Gasteiger partial charge >= 0.3 is 12.1 Å². The molecule has 0 fully saturated rings. The first-order chi connectivity index (χ1) is 8.29. The number of rotatable bonds is 2. The maximum atomic E-state index is 12.4. The zero-order valence-electron chi connectivity index (χ0n) is 8.73. The third kappa shape index (κ3) is 2.17. The van der Waals surface area contributed by atoms with Crippen LogP contribution in [0.1, 0.15) is 17.4 Å². The van der Waals surface area contributed by atoms with Crippen LogP contribution in [-0.2, 0) is 11.0 Å². The van der Waals surface area contributed by atoms with Crippen molar-refractivity contribution in [2.45, 2.75) is 12.3 Å². The van der Waals surface area contributed by atoms with E-state index < -0.39 is 23.8 Å². The van der Waals surface area contributed by atoms with Gasteiger partial charge in [-0.15, -0.1) is 0 Å². The predicted octanol–water partition coefficient (Wildman–Crippen LogP) is 2.57. The van der Waals surface area contributed by atoms with Crippen molar-refractivity contribution in [2.75, 3.05) is 0 Å². The molecule has 0 radical (unpaired) electrons. The minimum absolute atomic E-state index is 0.125. The molecule has 96 valence electrons. The normalized spacial score (nSPS) is 13.8. The van der Waals surface area contributed by atoms with Crippen LogP contribution in [0.2, 0.25) is 0 Å². The number of furan rings is 1. The molecular formula is C11H7F3O4. The number of fused-ring (bicyclic) bond motifs is 1. The summed E-state index contributed by atoms with van der Waals surface area (Å²) in [4.78, 5) is 10.5. The van der Waals surface area contributed by atoms with Gasteiger partial charge in [-0.05, 0) is 18.2 Å². The minimum Gasteiger partial charge on any atom is -0.479 e. The molecule has 1 atom stereocenters. The maximum absolute atomic E-state index is 12.4. The van der Waals surface area contributed by atoms with Gasteiger partial charge in [0.05, 0.1) is 5.56 Å². The van der Waals surface area contributed by atoms with E-state index >= 15 is 0 Å². The van der Waals surface area contributed by atoms with Crippen LogP contribution in [-0.4, -0.2) is 16.2 Å². The fraction of sp³-hybridized carbons (Fsp3) is 0.182. The summed E-state index contributed by atoms with van der Waals surface area (Å²) in [6.07, 6.45) is -6.40. The summed E-state index contributed by atoms with van der Waals surface area (Å²) in [7, 11) is 0. The van der Waals surface area contributed by atoms with Gasteiger partial charge in [-0.3, -0.25) is 0 Å². The largest absolute Gasteiger partial charge is 0.479 e. The molecule has 1 aromatic heterocycles. The summed E-state index contributed by atoms with van der Waals surface area (Å²) in [5.41, 5.74) is -1.03. The van der Waals surface area contributed by atoms with Crippen molar-refractivity contribution in [1.82, 2.24) is 0 Å². The van der Waals surface area contributed by atoms with Gasteiger partial charge < -0.3 is 14.6 Å². The lowest BCUT2D eigenvalue weighted by Crippen LogP contribution is -2.09. The van der Waals surface area contributed by atoms with E-state index in [1.54, 1.807) is 0 Å². The average Bonchev–Trinajstić information content (AvgIpc) is 2.68. The van der Waals surface area contributed by atoms with E-state index in [0.29, 0.717) is 5.39 Å². The van der Waals surface area contributed by atoms with E-state index in [0.717, 1.165) is 18.2 Å². The highest BCUT2D eigenvalue weighted by molar-refractivity contribution is 5.81. The highest BCUT2D eigenvalue weighted by Crippen LogP contribution is 2.33. The van der Waals surface area contributed by atoms with Crippen molar-refractivity contribution in [3.63, 3.8) is 0 Å². The number of carbonyl (C=O) groups is 1. The molecule has 0 bridgehead atoms. The molecule has 2 aromatic rings. The van der Waals surface area contributed by atoms with Crippen LogP contribution in [0.15, 0.2) is 28.7 Å². The van der Waals surface area contributed by atoms with Crippen molar-refractivity contribution >= 4 is 16.9 Å². The topological polar surface area (TPSA) is 70.7 Å². The van der Waals surface area contributed by atoms with Gasteiger partial charge in [0.25, 0.3) is 0 Å². The molecule has 7 heteroatoms. The number of alkyl halides is 3. The van der Waals surface area contributed by atoms with Crippen molar-refractivity contribution in [3.05, 3.63) is 35.6 Å². The van der Waals surface area contributed by atoms with Gasteiger partial charge in [0.2, 0.25) is 6.10 Å². The van der Waals surface area contributed by atoms with Crippen molar-refractivity contribution in [1.29, 1.82) is 0 Å². The standard InChI is InChI=1S/C11H7F3O4/c12-11(13,14)6-2-1-5-3-8(9(15)10(16)17)18-7(5)4-6/h1-4,9,15H,(H,16,17). The zero-order chi connectivity index (χ0) is 13.5. The fourth-order valence-corrected chi connectivity index (χ4v) is 1.48. The highest BCUT2D eigenvalue weighted by atomic mass is 19.4. The smallest absolute Gasteiger partial charge is 0.416 e. The SMILES string of the molecule is O=C(O)C(O)c1cc2ccc(C(F)(F)F)cc2o1. The third-order valence-corrected chi connectivity index (χ3v) is 2.37. The number of aliphatic carboxylic acids is 1. The van der Waals surface area contributed by atoms with Crippen LogP contribution in [0.4, 0.5) is 13.2 Å². The van der Waals surface area contributed by atoms with Crippen LogP contribution in [0.25, 0.3) is 11.0 Å². The summed E-state index contributed by atoms with van der Waals surface area (Å²) in [5.74, 6) is -1.85. The molecular weight excluding hydrogens is 253 g/mol. The molecule has 2 rings (SSSR count). The molecule has 0 saturated heterocycles. The number of halogens is 3. The molecule has 1 unspecified atom stereocenters. The van der Waals surface area contributed by atoms with Gasteiger partial charge in [-0.1, -0.05) is 6.07 Å². The van der Waals surface area contributed by atoms with Crippen molar-refractivity contribution in [2.24, 2.45) is 0 Å². The number of hydrogen-bond donors (Lipinski definition) is 2. The Morgan fingerprint density at radius 2 is 1.94 bits per heavy atom. The summed E-state index contributed by atoms with van der Waals surface area (Å²) in [5, 5.41) is 18.1. The van der Waals surface area contributed by atoms with Crippen molar-refractivity contribution in [3.8, 4) is 0 Å². The molecule has 18 heavy (non-hydrogen) atoms. The van der Waals surface area contributed by atoms with E-state index in [-0.39, 0.29) is 11.3 Å². The number of carboxylic acid groups (broad SMARTS) is 1. The quantitative estimate of drug-likeness (QED) is 0.870. The van der Waals surface area contributed by atoms with Gasteiger partial charge in [0.15, 0.2) is 0 Å². The van der Waals surface area contributed by atoms with E-state index in [2.05, 4.69) is 0 Å². The number of aliphatic hydroxyl groups is 1. The number of benzene rings is 1. The highest BCUT2D eigenvalue weighted by Gasteiger charge is 2.31. The number of carboxylic acids is 1. The minimum atomic E-state index is -4.51. The first kappa shape index (κ1) is 12.4. The molecule has 4 nitrogen and oxygen atoms in total. The van der Waals surface area contributed by atoms with Crippen LogP contribution in [0.5, 0.6) is 0 Å². The van der Waals surface area contributed by atoms with Crippen LogP contribution < -0.4 is 0 Å². The summed E-state index contributed by atoms with van der Waals surface area (Å²) < 4.78 is 42.2. The first-order valence-electron chi connectivity index (χ1n) is 4.80. The third-order valence-electron chi connectivity index (χ3n) is 2.37. The molecule has 2 N–H and O–H groups in total. The number of aliphatic hydroxyl groups excluding tert-OH is 1. The Hall–Kier alpha value is -2.02. The van der Waals surface area contributed by atoms with E-state index in [4.69, 9.17) is 9.52 Å². The Bertz CT molecular complexity index is 600. The lowest BCUT2D eigenvalue weighted by molar-refractivity contribution is -0.147. The molecule has 0 amide bonds. The molecule has 1 aromatic carbocycles. The Balaban J connectivity index is 2.49. The predicted molar refractivity (Wildman–Crippen MR) is 53.8 cm³/mol. The van der Waals surface area contributed by atoms with Crippen LogP contribution in [0.3, 0.4) is 0 Å². The molecule has 0 aliphatic rings. The summed E-state index contributed by atoms with van der Waals surface area (Å²) >= 11 is 0. The Morgan fingerprint density at radius 1 is 1.28 bits per heavy atom. The molecule has 0 aliphatic heterocycles. The fourth-order valence-electron chi connectivity index (χ4n) is 1.48. The average molecular weight is 260 g/mol. The molecule has 1 heterocycles. The van der Waals surface area contributed by atoms with Crippen LogP contribution in [0, 0.1) is 0 Å². The summed E-state index contributed by atoms with van der Waals surface area (Å²) in [6, 6.07) is 3.95.